The summed E-state index contributed by atoms with van der Waals surface area (Å²) in [5.41, 5.74) is 10.5. The molecule has 0 aliphatic carbocycles. The molecule has 3 atom stereocenters. The first kappa shape index (κ1) is 21.4. The smallest absolute Gasteiger partial charge is 0.305 e. The van der Waals surface area contributed by atoms with E-state index in [9.17, 15) is 19.2 Å². The average molecular weight is 370 g/mol. The summed E-state index contributed by atoms with van der Waals surface area (Å²) in [5.74, 6) is -2.23. The van der Waals surface area contributed by atoms with E-state index in [1.54, 1.807) is 0 Å². The van der Waals surface area contributed by atoms with Crippen LogP contribution in [0.4, 0.5) is 0 Å². The number of aldehydes is 1. The minimum Gasteiger partial charge on any atom is -0.481 e. The Hall–Kier alpha value is -2.69. The van der Waals surface area contributed by atoms with Gasteiger partial charge in [0.2, 0.25) is 11.8 Å². The Morgan fingerprint density at radius 3 is 2.58 bits per heavy atom. The van der Waals surface area contributed by atoms with E-state index in [0.717, 1.165) is 13.0 Å². The third kappa shape index (κ3) is 7.92. The molecule has 1 rings (SSSR count). The molecule has 1 fully saturated rings. The maximum atomic E-state index is 12.4. The molecule has 1 aliphatic rings. The number of nitrogens with two attached hydrogens (primary N) is 2. The number of rotatable bonds is 11. The van der Waals surface area contributed by atoms with Gasteiger partial charge in [-0.1, -0.05) is 0 Å². The van der Waals surface area contributed by atoms with Gasteiger partial charge in [-0.05, 0) is 32.2 Å². The van der Waals surface area contributed by atoms with Crippen molar-refractivity contribution in [2.24, 2.45) is 16.5 Å². The van der Waals surface area contributed by atoms with Crippen LogP contribution in [-0.2, 0) is 19.2 Å². The van der Waals surface area contributed by atoms with Crippen LogP contribution in [0, 0.1) is 0 Å². The van der Waals surface area contributed by atoms with Gasteiger partial charge in [0.05, 0.1) is 18.5 Å². The molecule has 0 aromatic carbocycles. The number of hydrogen-bond donors (Lipinski definition) is 6. The van der Waals surface area contributed by atoms with E-state index in [4.69, 9.17) is 16.6 Å². The fourth-order valence-electron chi connectivity index (χ4n) is 2.56. The highest BCUT2D eigenvalue weighted by atomic mass is 16.4. The van der Waals surface area contributed by atoms with Crippen molar-refractivity contribution >= 4 is 30.0 Å². The molecule has 0 aromatic rings. The van der Waals surface area contributed by atoms with E-state index in [-0.39, 0.29) is 30.9 Å². The first-order valence-corrected chi connectivity index (χ1v) is 8.40. The molecule has 0 radical (unpaired) electrons. The van der Waals surface area contributed by atoms with E-state index in [1.807, 2.05) is 0 Å². The van der Waals surface area contributed by atoms with Crippen LogP contribution in [0.1, 0.15) is 32.1 Å². The van der Waals surface area contributed by atoms with Crippen molar-refractivity contribution in [3.8, 4) is 0 Å². The number of aliphatic imine (C=N–C) groups is 1. The number of guanidine groups is 1. The predicted octanol–water partition coefficient (Wildman–Crippen LogP) is -2.56. The van der Waals surface area contributed by atoms with Crippen molar-refractivity contribution in [1.82, 2.24) is 16.0 Å². The Kier molecular flexibility index (Phi) is 9.06. The molecule has 1 aliphatic heterocycles. The molecule has 146 valence electrons. The minimum absolute atomic E-state index is 0.0762. The summed E-state index contributed by atoms with van der Waals surface area (Å²) >= 11 is 0. The van der Waals surface area contributed by atoms with Crippen LogP contribution < -0.4 is 27.4 Å². The highest BCUT2D eigenvalue weighted by Gasteiger charge is 2.28. The van der Waals surface area contributed by atoms with Gasteiger partial charge >= 0.3 is 5.97 Å². The second-order valence-corrected chi connectivity index (χ2v) is 6.01. The van der Waals surface area contributed by atoms with Gasteiger partial charge < -0.3 is 37.3 Å². The van der Waals surface area contributed by atoms with Crippen LogP contribution in [0.2, 0.25) is 0 Å². The molecule has 8 N–H and O–H groups in total. The number of carbonyl (C=O) groups is 4. The van der Waals surface area contributed by atoms with Gasteiger partial charge in [-0.2, -0.15) is 0 Å². The Morgan fingerprint density at radius 2 is 2.04 bits per heavy atom. The second-order valence-electron chi connectivity index (χ2n) is 6.01. The molecule has 11 heteroatoms. The lowest BCUT2D eigenvalue weighted by Crippen LogP contribution is -2.53. The summed E-state index contributed by atoms with van der Waals surface area (Å²) in [6, 6.07) is -2.46. The Bertz CT molecular complexity index is 543. The first-order valence-electron chi connectivity index (χ1n) is 8.40. The van der Waals surface area contributed by atoms with Gasteiger partial charge in [0, 0.05) is 6.54 Å². The lowest BCUT2D eigenvalue weighted by atomic mass is 10.1. The molecule has 0 saturated carbocycles. The molecule has 11 nitrogen and oxygen atoms in total. The largest absolute Gasteiger partial charge is 0.481 e. The Balaban J connectivity index is 2.68. The average Bonchev–Trinajstić information content (AvgIpc) is 3.10. The highest BCUT2D eigenvalue weighted by molar-refractivity contribution is 5.91. The van der Waals surface area contributed by atoms with Crippen molar-refractivity contribution in [2.75, 3.05) is 13.1 Å². The minimum atomic E-state index is -1.22. The number of amides is 2. The summed E-state index contributed by atoms with van der Waals surface area (Å²) in [6.45, 7) is 1.00. The summed E-state index contributed by atoms with van der Waals surface area (Å²) < 4.78 is 0. The number of carbonyl (C=O) groups excluding carboxylic acids is 3. The zero-order valence-electron chi connectivity index (χ0n) is 14.4. The van der Waals surface area contributed by atoms with Crippen molar-refractivity contribution in [2.45, 2.75) is 50.2 Å². The maximum Gasteiger partial charge on any atom is 0.305 e. The molecular weight excluding hydrogens is 344 g/mol. The number of nitrogens with one attached hydrogen (secondary N) is 3. The first-order chi connectivity index (χ1) is 12.3. The zero-order valence-corrected chi connectivity index (χ0v) is 14.4. The highest BCUT2D eigenvalue weighted by Crippen LogP contribution is 2.07. The molecule has 1 saturated heterocycles. The third-order valence-corrected chi connectivity index (χ3v) is 3.84. The lowest BCUT2D eigenvalue weighted by Gasteiger charge is -2.22. The summed E-state index contributed by atoms with van der Waals surface area (Å²) in [5, 5.41) is 16.8. The van der Waals surface area contributed by atoms with Gasteiger partial charge in [-0.15, -0.1) is 0 Å². The lowest BCUT2D eigenvalue weighted by molar-refractivity contribution is -0.139. The van der Waals surface area contributed by atoms with Crippen molar-refractivity contribution in [1.29, 1.82) is 0 Å². The quantitative estimate of drug-likeness (QED) is 0.0990. The monoisotopic (exact) mass is 370 g/mol. The molecule has 1 heterocycles. The number of carboxylic acids is 1. The number of nitrogens with zero attached hydrogens (tertiary/aromatic N) is 1. The summed E-state index contributed by atoms with van der Waals surface area (Å²) in [6.07, 6.45) is 2.01. The van der Waals surface area contributed by atoms with Crippen LogP contribution in [-0.4, -0.2) is 66.4 Å². The summed E-state index contributed by atoms with van der Waals surface area (Å²) in [4.78, 5) is 50.1. The van der Waals surface area contributed by atoms with Crippen molar-refractivity contribution in [3.05, 3.63) is 0 Å². The van der Waals surface area contributed by atoms with Gasteiger partial charge in [-0.25, -0.2) is 0 Å². The normalized spacial score (nSPS) is 18.4. The Morgan fingerprint density at radius 1 is 1.31 bits per heavy atom. The fraction of sp³-hybridized carbons (Fsp3) is 0.667. The second kappa shape index (κ2) is 11.0. The number of hydrogen-bond acceptors (Lipinski definition) is 6. The van der Waals surface area contributed by atoms with Crippen LogP contribution in [0.5, 0.6) is 0 Å². The Labute approximate surface area is 151 Å². The van der Waals surface area contributed by atoms with Gasteiger partial charge in [0.25, 0.3) is 0 Å². The number of aliphatic carboxylic acids is 1. The van der Waals surface area contributed by atoms with E-state index in [0.29, 0.717) is 19.1 Å². The van der Waals surface area contributed by atoms with E-state index >= 15 is 0 Å². The third-order valence-electron chi connectivity index (χ3n) is 3.84. The zero-order chi connectivity index (χ0) is 19.5. The van der Waals surface area contributed by atoms with Crippen molar-refractivity contribution in [3.63, 3.8) is 0 Å². The molecule has 0 aromatic heterocycles. The molecule has 2 amide bonds. The van der Waals surface area contributed by atoms with Crippen LogP contribution in [0.25, 0.3) is 0 Å². The molecule has 0 spiro atoms. The van der Waals surface area contributed by atoms with Crippen LogP contribution in [0.3, 0.4) is 0 Å². The molecular formula is C15H26N6O5. The predicted molar refractivity (Wildman–Crippen MR) is 93.1 cm³/mol. The fourth-order valence-corrected chi connectivity index (χ4v) is 2.56. The molecule has 0 unspecified atom stereocenters. The standard InChI is InChI=1S/C15H26N6O5/c16-15(17)19-6-2-4-11(21-13(25)10-3-1-5-18-10)14(26)20-9(8-22)7-12(23)24/h8-11,18H,1-7H2,(H,20,26)(H,21,25)(H,23,24)(H4,16,17,19)/t9-,10-,11-/m0/s1. The van der Waals surface area contributed by atoms with Crippen LogP contribution in [0.15, 0.2) is 4.99 Å². The van der Waals surface area contributed by atoms with E-state index in [1.165, 1.54) is 0 Å². The molecule has 0 bridgehead atoms. The van der Waals surface area contributed by atoms with Gasteiger partial charge in [0.15, 0.2) is 5.96 Å². The SMILES string of the molecule is NC(N)=NCCC[C@H](NC(=O)[C@@H]1CCCN1)C(=O)N[C@H](C=O)CC(=O)O. The van der Waals surface area contributed by atoms with E-state index < -0.39 is 30.4 Å². The topological polar surface area (TPSA) is 189 Å². The van der Waals surface area contributed by atoms with E-state index in [2.05, 4.69) is 20.9 Å². The van der Waals surface area contributed by atoms with Crippen LogP contribution >= 0.6 is 0 Å². The maximum absolute atomic E-state index is 12.4. The van der Waals surface area contributed by atoms with Crippen molar-refractivity contribution < 1.29 is 24.3 Å². The number of carboxylic acid groups (broad SMARTS) is 1. The van der Waals surface area contributed by atoms with Gasteiger partial charge in [-0.3, -0.25) is 19.4 Å². The van der Waals surface area contributed by atoms with Gasteiger partial charge in [0.1, 0.15) is 12.3 Å². The molecule has 26 heavy (non-hydrogen) atoms. The summed E-state index contributed by atoms with van der Waals surface area (Å²) in [7, 11) is 0.